The Kier molecular flexibility index (Phi) is 4.69. The fourth-order valence-electron chi connectivity index (χ4n) is 2.25. The van der Waals surface area contributed by atoms with Gasteiger partial charge in [0.15, 0.2) is 17.3 Å². The maximum atomic E-state index is 13.7. The number of aromatic nitrogens is 4. The van der Waals surface area contributed by atoms with Crippen molar-refractivity contribution < 1.29 is 18.7 Å². The molecule has 128 valence electrons. The molecule has 0 bridgehead atoms. The van der Waals surface area contributed by atoms with Crippen LogP contribution in [0.3, 0.4) is 0 Å². The molecule has 0 aliphatic carbocycles. The van der Waals surface area contributed by atoms with Crippen LogP contribution >= 0.6 is 0 Å². The van der Waals surface area contributed by atoms with Crippen LogP contribution in [0.1, 0.15) is 10.4 Å². The van der Waals surface area contributed by atoms with Crippen LogP contribution in [-0.4, -0.2) is 40.2 Å². The number of carbonyl (C=O) groups excluding carboxylic acids is 1. The van der Waals surface area contributed by atoms with Crippen molar-refractivity contribution in [1.29, 1.82) is 0 Å². The number of carbonyl (C=O) groups is 1. The molecule has 0 aliphatic heterocycles. The van der Waals surface area contributed by atoms with Gasteiger partial charge in [-0.25, -0.2) is 4.39 Å². The number of ketones is 1. The Hall–Kier alpha value is -3.29. The van der Waals surface area contributed by atoms with E-state index >= 15 is 0 Å². The summed E-state index contributed by atoms with van der Waals surface area (Å²) >= 11 is 0. The Balaban J connectivity index is 1.76. The van der Waals surface area contributed by atoms with Crippen molar-refractivity contribution in [2.24, 2.45) is 0 Å². The first-order valence-electron chi connectivity index (χ1n) is 7.39. The lowest BCUT2D eigenvalue weighted by Gasteiger charge is -2.04. The van der Waals surface area contributed by atoms with E-state index in [1.54, 1.807) is 25.3 Å². The SMILES string of the molecule is COc1cccc(-c2nnn(CC(=O)c3ccc(OC)c(F)c3)n2)c1. The lowest BCUT2D eigenvalue weighted by atomic mass is 10.1. The highest BCUT2D eigenvalue weighted by Crippen LogP contribution is 2.20. The molecule has 0 spiro atoms. The molecule has 0 fully saturated rings. The van der Waals surface area contributed by atoms with Crippen LogP contribution in [0.25, 0.3) is 11.4 Å². The molecule has 7 nitrogen and oxygen atoms in total. The Bertz CT molecular complexity index is 910. The maximum absolute atomic E-state index is 13.7. The summed E-state index contributed by atoms with van der Waals surface area (Å²) in [4.78, 5) is 13.4. The minimum absolute atomic E-state index is 0.0794. The van der Waals surface area contributed by atoms with Crippen LogP contribution in [0.4, 0.5) is 4.39 Å². The number of methoxy groups -OCH3 is 2. The summed E-state index contributed by atoms with van der Waals surface area (Å²) < 4.78 is 23.7. The van der Waals surface area contributed by atoms with Gasteiger partial charge in [-0.15, -0.1) is 10.2 Å². The van der Waals surface area contributed by atoms with Gasteiger partial charge in [0.25, 0.3) is 0 Å². The van der Waals surface area contributed by atoms with E-state index in [-0.39, 0.29) is 23.6 Å². The molecule has 2 aromatic carbocycles. The number of hydrogen-bond donors (Lipinski definition) is 0. The minimum Gasteiger partial charge on any atom is -0.497 e. The first-order valence-corrected chi connectivity index (χ1v) is 7.39. The Morgan fingerprint density at radius 2 is 2.00 bits per heavy atom. The second-order valence-corrected chi connectivity index (χ2v) is 5.15. The number of hydrogen-bond acceptors (Lipinski definition) is 6. The fourth-order valence-corrected chi connectivity index (χ4v) is 2.25. The lowest BCUT2D eigenvalue weighted by Crippen LogP contribution is -2.13. The molecule has 3 aromatic rings. The van der Waals surface area contributed by atoms with Crippen molar-refractivity contribution in [1.82, 2.24) is 20.2 Å². The van der Waals surface area contributed by atoms with Crippen molar-refractivity contribution in [3.63, 3.8) is 0 Å². The Labute approximate surface area is 143 Å². The monoisotopic (exact) mass is 342 g/mol. The number of ether oxygens (including phenoxy) is 2. The van der Waals surface area contributed by atoms with Crippen LogP contribution in [0, 0.1) is 5.82 Å². The van der Waals surface area contributed by atoms with Gasteiger partial charge in [0.2, 0.25) is 5.82 Å². The number of nitrogens with zero attached hydrogens (tertiary/aromatic N) is 4. The summed E-state index contributed by atoms with van der Waals surface area (Å²) in [5, 5.41) is 12.0. The summed E-state index contributed by atoms with van der Waals surface area (Å²) in [6.07, 6.45) is 0. The van der Waals surface area contributed by atoms with Gasteiger partial charge >= 0.3 is 0 Å². The van der Waals surface area contributed by atoms with Crippen molar-refractivity contribution in [3.8, 4) is 22.9 Å². The Morgan fingerprint density at radius 3 is 2.72 bits per heavy atom. The minimum atomic E-state index is -0.600. The standard InChI is InChI=1S/C17H15FN4O3/c1-24-13-5-3-4-12(8-13)17-19-21-22(20-17)10-15(23)11-6-7-16(25-2)14(18)9-11/h3-9H,10H2,1-2H3. The third-order valence-corrected chi connectivity index (χ3v) is 3.54. The third kappa shape index (κ3) is 3.63. The molecule has 0 unspecified atom stereocenters. The van der Waals surface area contributed by atoms with Gasteiger partial charge in [-0.1, -0.05) is 12.1 Å². The van der Waals surface area contributed by atoms with E-state index in [4.69, 9.17) is 9.47 Å². The number of halogens is 1. The molecule has 0 amide bonds. The summed E-state index contributed by atoms with van der Waals surface area (Å²) in [5.41, 5.74) is 0.923. The van der Waals surface area contributed by atoms with Crippen molar-refractivity contribution in [2.75, 3.05) is 14.2 Å². The van der Waals surface area contributed by atoms with Gasteiger partial charge in [0.05, 0.1) is 14.2 Å². The smallest absolute Gasteiger partial charge is 0.205 e. The van der Waals surface area contributed by atoms with Crippen molar-refractivity contribution >= 4 is 5.78 Å². The molecule has 0 N–H and O–H groups in total. The zero-order chi connectivity index (χ0) is 17.8. The van der Waals surface area contributed by atoms with E-state index in [1.807, 2.05) is 6.07 Å². The van der Waals surface area contributed by atoms with Gasteiger partial charge in [-0.3, -0.25) is 4.79 Å². The second-order valence-electron chi connectivity index (χ2n) is 5.15. The highest BCUT2D eigenvalue weighted by atomic mass is 19.1. The molecular weight excluding hydrogens is 327 g/mol. The average Bonchev–Trinajstić information content (AvgIpc) is 3.10. The molecule has 0 radical (unpaired) electrons. The van der Waals surface area contributed by atoms with E-state index in [2.05, 4.69) is 15.4 Å². The van der Waals surface area contributed by atoms with Crippen LogP contribution in [0.5, 0.6) is 11.5 Å². The number of benzene rings is 2. The average molecular weight is 342 g/mol. The molecule has 1 heterocycles. The van der Waals surface area contributed by atoms with Crippen molar-refractivity contribution in [3.05, 3.63) is 53.8 Å². The predicted molar refractivity (Wildman–Crippen MR) is 87.1 cm³/mol. The molecule has 0 aliphatic rings. The second kappa shape index (κ2) is 7.08. The van der Waals surface area contributed by atoms with Crippen LogP contribution in [-0.2, 0) is 6.54 Å². The first kappa shape index (κ1) is 16.6. The molecule has 1 aromatic heterocycles. The summed E-state index contributed by atoms with van der Waals surface area (Å²) in [7, 11) is 2.93. The summed E-state index contributed by atoms with van der Waals surface area (Å²) in [5.74, 6) is 0.176. The molecular formula is C17H15FN4O3. The van der Waals surface area contributed by atoms with E-state index in [1.165, 1.54) is 24.0 Å². The normalized spacial score (nSPS) is 10.5. The third-order valence-electron chi connectivity index (χ3n) is 3.54. The zero-order valence-electron chi connectivity index (χ0n) is 13.6. The summed E-state index contributed by atoms with van der Waals surface area (Å²) in [6, 6.07) is 11.2. The van der Waals surface area contributed by atoms with Gasteiger partial charge in [0, 0.05) is 11.1 Å². The molecule has 0 atom stereocenters. The largest absolute Gasteiger partial charge is 0.497 e. The fraction of sp³-hybridized carbons (Fsp3) is 0.176. The molecule has 0 saturated heterocycles. The van der Waals surface area contributed by atoms with Gasteiger partial charge in [0.1, 0.15) is 12.3 Å². The zero-order valence-corrected chi connectivity index (χ0v) is 13.6. The van der Waals surface area contributed by atoms with E-state index in [9.17, 15) is 9.18 Å². The van der Waals surface area contributed by atoms with Crippen LogP contribution in [0.15, 0.2) is 42.5 Å². The van der Waals surface area contributed by atoms with Gasteiger partial charge < -0.3 is 9.47 Å². The highest BCUT2D eigenvalue weighted by Gasteiger charge is 2.14. The van der Waals surface area contributed by atoms with E-state index in [0.29, 0.717) is 17.1 Å². The van der Waals surface area contributed by atoms with E-state index in [0.717, 1.165) is 6.07 Å². The molecule has 0 saturated carbocycles. The van der Waals surface area contributed by atoms with Gasteiger partial charge in [-0.2, -0.15) is 4.80 Å². The number of tetrazole rings is 1. The van der Waals surface area contributed by atoms with Crippen LogP contribution < -0.4 is 9.47 Å². The highest BCUT2D eigenvalue weighted by molar-refractivity contribution is 5.95. The first-order chi connectivity index (χ1) is 12.1. The maximum Gasteiger partial charge on any atom is 0.205 e. The quantitative estimate of drug-likeness (QED) is 0.640. The molecule has 8 heteroatoms. The van der Waals surface area contributed by atoms with E-state index < -0.39 is 5.82 Å². The topological polar surface area (TPSA) is 79.1 Å². The van der Waals surface area contributed by atoms with Crippen molar-refractivity contribution in [2.45, 2.75) is 6.54 Å². The number of Topliss-reactive ketones (excluding diaryl/α,β-unsaturated/α-hetero) is 1. The van der Waals surface area contributed by atoms with Crippen LogP contribution in [0.2, 0.25) is 0 Å². The number of rotatable bonds is 6. The van der Waals surface area contributed by atoms with Gasteiger partial charge in [-0.05, 0) is 35.5 Å². The molecule has 3 rings (SSSR count). The summed E-state index contributed by atoms with van der Waals surface area (Å²) in [6.45, 7) is -0.150. The molecule has 25 heavy (non-hydrogen) atoms. The predicted octanol–water partition coefficient (Wildman–Crippen LogP) is 2.38. The Morgan fingerprint density at radius 1 is 1.16 bits per heavy atom. The lowest BCUT2D eigenvalue weighted by molar-refractivity contribution is 0.0961.